The number of benzene rings is 1. The first-order valence-corrected chi connectivity index (χ1v) is 7.92. The lowest BCUT2D eigenvalue weighted by atomic mass is 9.91. The highest BCUT2D eigenvalue weighted by atomic mass is 16.5. The molecule has 0 spiro atoms. The number of aromatic amines is 1. The van der Waals surface area contributed by atoms with Crippen molar-refractivity contribution in [3.8, 4) is 5.75 Å². The van der Waals surface area contributed by atoms with E-state index in [1.165, 1.54) is 0 Å². The highest BCUT2D eigenvalue weighted by Gasteiger charge is 2.45. The first kappa shape index (κ1) is 16.1. The van der Waals surface area contributed by atoms with Gasteiger partial charge in [-0.3, -0.25) is 4.79 Å². The van der Waals surface area contributed by atoms with Gasteiger partial charge in [0.05, 0.1) is 0 Å². The SMILES string of the molecule is Cc1c[nH]c(C(=O)N2CCC(Oc3ccccc3)(C(=O)O)CC2)c1. The zero-order chi connectivity index (χ0) is 17.2. The molecule has 126 valence electrons. The molecule has 6 heteroatoms. The number of carbonyl (C=O) groups excluding carboxylic acids is 1. The fourth-order valence-corrected chi connectivity index (χ4v) is 2.94. The Morgan fingerprint density at radius 3 is 2.42 bits per heavy atom. The first-order valence-electron chi connectivity index (χ1n) is 7.92. The van der Waals surface area contributed by atoms with E-state index in [1.807, 2.05) is 13.0 Å². The summed E-state index contributed by atoms with van der Waals surface area (Å²) in [5, 5.41) is 9.66. The van der Waals surface area contributed by atoms with Crippen LogP contribution in [0.15, 0.2) is 42.6 Å². The predicted octanol–water partition coefficient (Wildman–Crippen LogP) is 2.46. The molecule has 2 N–H and O–H groups in total. The summed E-state index contributed by atoms with van der Waals surface area (Å²) in [5.41, 5.74) is 0.228. The van der Waals surface area contributed by atoms with E-state index in [4.69, 9.17) is 4.74 Å². The molecule has 2 heterocycles. The number of aliphatic carboxylic acids is 1. The summed E-state index contributed by atoms with van der Waals surface area (Å²) in [7, 11) is 0. The number of nitrogens with one attached hydrogen (secondary N) is 1. The van der Waals surface area contributed by atoms with Gasteiger partial charge in [0.1, 0.15) is 11.4 Å². The minimum Gasteiger partial charge on any atom is -0.478 e. The largest absolute Gasteiger partial charge is 0.478 e. The van der Waals surface area contributed by atoms with E-state index in [0.717, 1.165) is 5.56 Å². The molecule has 6 nitrogen and oxygen atoms in total. The fourth-order valence-electron chi connectivity index (χ4n) is 2.94. The van der Waals surface area contributed by atoms with Gasteiger partial charge >= 0.3 is 5.97 Å². The van der Waals surface area contributed by atoms with Crippen LogP contribution in [0.5, 0.6) is 5.75 Å². The molecule has 1 aliphatic heterocycles. The molecule has 1 fully saturated rings. The molecule has 2 aromatic rings. The van der Waals surface area contributed by atoms with Crippen molar-refractivity contribution in [2.24, 2.45) is 0 Å². The second-order valence-electron chi connectivity index (χ2n) is 6.10. The van der Waals surface area contributed by atoms with Crippen LogP contribution in [0.2, 0.25) is 0 Å². The first-order chi connectivity index (χ1) is 11.5. The maximum atomic E-state index is 12.5. The standard InChI is InChI=1S/C18H20N2O4/c1-13-11-15(19-12-13)16(21)20-9-7-18(8-10-20,17(22)23)24-14-5-3-2-4-6-14/h2-6,11-12,19H,7-10H2,1H3,(H,22,23). The third-order valence-corrected chi connectivity index (χ3v) is 4.36. The molecule has 1 amide bonds. The molecule has 3 rings (SSSR count). The number of para-hydroxylation sites is 1. The van der Waals surface area contributed by atoms with Crippen LogP contribution in [0, 0.1) is 6.92 Å². The molecule has 0 atom stereocenters. The number of hydrogen-bond acceptors (Lipinski definition) is 3. The predicted molar refractivity (Wildman–Crippen MR) is 88.1 cm³/mol. The second-order valence-corrected chi connectivity index (χ2v) is 6.10. The summed E-state index contributed by atoms with van der Waals surface area (Å²) < 4.78 is 5.80. The van der Waals surface area contributed by atoms with E-state index in [1.54, 1.807) is 41.4 Å². The molecule has 0 bridgehead atoms. The summed E-state index contributed by atoms with van der Waals surface area (Å²) in [6.45, 7) is 2.60. The lowest BCUT2D eigenvalue weighted by Crippen LogP contribution is -2.54. The van der Waals surface area contributed by atoms with Crippen molar-refractivity contribution in [3.05, 3.63) is 53.9 Å². The van der Waals surface area contributed by atoms with Crippen LogP contribution < -0.4 is 4.74 Å². The molecule has 1 saturated heterocycles. The third-order valence-electron chi connectivity index (χ3n) is 4.36. The number of amides is 1. The summed E-state index contributed by atoms with van der Waals surface area (Å²) in [6.07, 6.45) is 2.28. The van der Waals surface area contributed by atoms with Gasteiger partial charge in [-0.2, -0.15) is 0 Å². The number of aromatic nitrogens is 1. The molecule has 0 aliphatic carbocycles. The summed E-state index contributed by atoms with van der Waals surface area (Å²) >= 11 is 0. The number of piperidine rings is 1. The molecule has 0 unspecified atom stereocenters. The van der Waals surface area contributed by atoms with E-state index < -0.39 is 11.6 Å². The summed E-state index contributed by atoms with van der Waals surface area (Å²) in [5.74, 6) is -0.573. The van der Waals surface area contributed by atoms with Crippen LogP contribution in [0.1, 0.15) is 28.9 Å². The number of hydrogen-bond donors (Lipinski definition) is 2. The average molecular weight is 328 g/mol. The Hall–Kier alpha value is -2.76. The van der Waals surface area contributed by atoms with Crippen LogP contribution in [-0.2, 0) is 4.79 Å². The van der Waals surface area contributed by atoms with Crippen molar-refractivity contribution in [1.29, 1.82) is 0 Å². The topological polar surface area (TPSA) is 82.6 Å². The molecule has 0 radical (unpaired) electrons. The number of carboxylic acid groups (broad SMARTS) is 1. The van der Waals surface area contributed by atoms with E-state index >= 15 is 0 Å². The number of H-pyrrole nitrogens is 1. The lowest BCUT2D eigenvalue weighted by Gasteiger charge is -2.38. The van der Waals surface area contributed by atoms with E-state index in [2.05, 4.69) is 4.98 Å². The smallest absolute Gasteiger partial charge is 0.348 e. The average Bonchev–Trinajstić information content (AvgIpc) is 3.02. The van der Waals surface area contributed by atoms with Gasteiger partial charge in [0, 0.05) is 32.1 Å². The Morgan fingerprint density at radius 2 is 1.88 bits per heavy atom. The number of rotatable bonds is 4. The number of carboxylic acids is 1. The van der Waals surface area contributed by atoms with Crippen molar-refractivity contribution in [2.75, 3.05) is 13.1 Å². The molecule has 1 aromatic heterocycles. The zero-order valence-electron chi connectivity index (χ0n) is 13.5. The van der Waals surface area contributed by atoms with Crippen LogP contribution in [0.25, 0.3) is 0 Å². The van der Waals surface area contributed by atoms with Crippen LogP contribution in [-0.4, -0.2) is 45.6 Å². The van der Waals surface area contributed by atoms with Gasteiger partial charge in [-0.05, 0) is 30.7 Å². The van der Waals surface area contributed by atoms with Crippen molar-refractivity contribution < 1.29 is 19.4 Å². The summed E-state index contributed by atoms with van der Waals surface area (Å²) in [6, 6.07) is 10.7. The molecule has 1 aliphatic rings. The van der Waals surface area contributed by atoms with Crippen molar-refractivity contribution in [1.82, 2.24) is 9.88 Å². The minimum absolute atomic E-state index is 0.109. The van der Waals surface area contributed by atoms with E-state index in [9.17, 15) is 14.7 Å². The Bertz CT molecular complexity index is 730. The number of likely N-dealkylation sites (tertiary alicyclic amines) is 1. The van der Waals surface area contributed by atoms with Gasteiger partial charge in [-0.15, -0.1) is 0 Å². The maximum Gasteiger partial charge on any atom is 0.348 e. The van der Waals surface area contributed by atoms with Gasteiger partial charge in [0.2, 0.25) is 5.60 Å². The van der Waals surface area contributed by atoms with E-state index in [0.29, 0.717) is 24.5 Å². The normalized spacial score (nSPS) is 16.6. The molecule has 0 saturated carbocycles. The highest BCUT2D eigenvalue weighted by molar-refractivity contribution is 5.93. The van der Waals surface area contributed by atoms with Crippen LogP contribution >= 0.6 is 0 Å². The van der Waals surface area contributed by atoms with Crippen molar-refractivity contribution in [3.63, 3.8) is 0 Å². The maximum absolute atomic E-state index is 12.5. The number of ether oxygens (including phenoxy) is 1. The quantitative estimate of drug-likeness (QED) is 0.903. The van der Waals surface area contributed by atoms with Gasteiger partial charge in [-0.1, -0.05) is 18.2 Å². The third kappa shape index (κ3) is 3.13. The zero-order valence-corrected chi connectivity index (χ0v) is 13.5. The Morgan fingerprint density at radius 1 is 1.21 bits per heavy atom. The van der Waals surface area contributed by atoms with Gasteiger partial charge in [0.25, 0.3) is 5.91 Å². The summed E-state index contributed by atoms with van der Waals surface area (Å²) in [4.78, 5) is 28.9. The number of nitrogens with zero attached hydrogens (tertiary/aromatic N) is 1. The van der Waals surface area contributed by atoms with Crippen LogP contribution in [0.3, 0.4) is 0 Å². The molecule has 1 aromatic carbocycles. The Kier molecular flexibility index (Phi) is 4.29. The van der Waals surface area contributed by atoms with Crippen LogP contribution in [0.4, 0.5) is 0 Å². The van der Waals surface area contributed by atoms with E-state index in [-0.39, 0.29) is 18.7 Å². The minimum atomic E-state index is -1.29. The lowest BCUT2D eigenvalue weighted by molar-refractivity contribution is -0.159. The molecular formula is C18H20N2O4. The monoisotopic (exact) mass is 328 g/mol. The van der Waals surface area contributed by atoms with Crippen molar-refractivity contribution >= 4 is 11.9 Å². The second kappa shape index (κ2) is 6.39. The van der Waals surface area contributed by atoms with Gasteiger partial charge in [-0.25, -0.2) is 4.79 Å². The Labute approximate surface area is 140 Å². The number of carbonyl (C=O) groups is 2. The molecular weight excluding hydrogens is 308 g/mol. The molecule has 24 heavy (non-hydrogen) atoms. The fraction of sp³-hybridized carbons (Fsp3) is 0.333. The van der Waals surface area contributed by atoms with Gasteiger partial charge in [0.15, 0.2) is 0 Å². The number of aryl methyl sites for hydroxylation is 1. The highest BCUT2D eigenvalue weighted by Crippen LogP contribution is 2.29. The van der Waals surface area contributed by atoms with Gasteiger partial charge < -0.3 is 19.7 Å². The Balaban J connectivity index is 1.71. The van der Waals surface area contributed by atoms with Crippen molar-refractivity contribution in [2.45, 2.75) is 25.4 Å².